The maximum absolute atomic E-state index is 10.9. The minimum atomic E-state index is -1.22. The quantitative estimate of drug-likeness (QED) is 0.178. The van der Waals surface area contributed by atoms with Crippen molar-refractivity contribution in [3.63, 3.8) is 0 Å². The van der Waals surface area contributed by atoms with Crippen LogP contribution in [0.4, 0.5) is 11.6 Å². The van der Waals surface area contributed by atoms with Gasteiger partial charge < -0.3 is 30.3 Å². The van der Waals surface area contributed by atoms with Gasteiger partial charge in [0.2, 0.25) is 0 Å². The molecule has 0 bridgehead atoms. The number of methoxy groups -OCH3 is 1. The van der Waals surface area contributed by atoms with E-state index in [4.69, 9.17) is 24.7 Å². The lowest BCUT2D eigenvalue weighted by atomic mass is 9.91. The van der Waals surface area contributed by atoms with Crippen molar-refractivity contribution >= 4 is 22.8 Å². The van der Waals surface area contributed by atoms with Gasteiger partial charge in [0.15, 0.2) is 29.0 Å². The highest BCUT2D eigenvalue weighted by atomic mass is 16.6. The van der Waals surface area contributed by atoms with E-state index < -0.39 is 24.5 Å². The van der Waals surface area contributed by atoms with Crippen molar-refractivity contribution in [2.75, 3.05) is 30.9 Å². The predicted octanol–water partition coefficient (Wildman–Crippen LogP) is 3.21. The number of aromatic nitrogens is 5. The summed E-state index contributed by atoms with van der Waals surface area (Å²) < 4.78 is 12.8. The number of benzene rings is 2. The molecule has 12 nitrogen and oxygen atoms in total. The molecule has 224 valence electrons. The number of nitriles is 1. The SMILES string of the molecule is COC[C@H]1O[C@@H](n2cnc3c(NCC(c4ccccc4)c4ccccc4)nc(CNc4ccc(C#N)cn4)nc32)[C@@H](O)[C@@H]1O. The van der Waals surface area contributed by atoms with Crippen molar-refractivity contribution in [1.82, 2.24) is 24.5 Å². The van der Waals surface area contributed by atoms with Gasteiger partial charge in [-0.1, -0.05) is 60.7 Å². The minimum Gasteiger partial charge on any atom is -0.387 e. The molecule has 0 amide bonds. The number of nitrogens with zero attached hydrogens (tertiary/aromatic N) is 6. The first kappa shape index (κ1) is 29.2. The first-order chi connectivity index (χ1) is 21.6. The molecule has 4 atom stereocenters. The second kappa shape index (κ2) is 13.2. The molecule has 3 aromatic heterocycles. The number of nitrogens with one attached hydrogen (secondary N) is 2. The summed E-state index contributed by atoms with van der Waals surface area (Å²) in [5.41, 5.74) is 3.68. The fraction of sp³-hybridized carbons (Fsp3) is 0.281. The standard InChI is InChI=1S/C32H32N8O4/c1-43-18-24-28(41)29(42)32(44-24)40-19-37-27-30(36-16-23(21-8-4-2-5-9-21)22-10-6-3-7-11-22)38-26(39-31(27)40)17-35-25-13-12-20(14-33)15-34-25/h2-13,15,19,23-24,28-29,32,41-42H,16-18H2,1H3,(H,34,35)(H,36,38,39)/t24-,28-,29+,32-/m1/s1. The third-order valence-electron chi connectivity index (χ3n) is 7.61. The molecule has 12 heteroatoms. The summed E-state index contributed by atoms with van der Waals surface area (Å²) in [5, 5.41) is 37.2. The molecule has 44 heavy (non-hydrogen) atoms. The lowest BCUT2D eigenvalue weighted by Crippen LogP contribution is -2.33. The number of pyridine rings is 1. The molecule has 0 unspecified atom stereocenters. The van der Waals surface area contributed by atoms with E-state index in [1.807, 2.05) is 36.4 Å². The summed E-state index contributed by atoms with van der Waals surface area (Å²) in [4.78, 5) is 18.5. The molecule has 5 aromatic rings. The van der Waals surface area contributed by atoms with E-state index in [0.29, 0.717) is 40.7 Å². The van der Waals surface area contributed by atoms with Gasteiger partial charge in [-0.3, -0.25) is 4.57 Å². The summed E-state index contributed by atoms with van der Waals surface area (Å²) in [7, 11) is 1.51. The molecule has 1 saturated heterocycles. The third kappa shape index (κ3) is 6.08. The molecule has 2 aromatic carbocycles. The highest BCUT2D eigenvalue weighted by Crippen LogP contribution is 2.33. The largest absolute Gasteiger partial charge is 0.387 e. The minimum absolute atomic E-state index is 0.0267. The molecule has 0 spiro atoms. The number of anilines is 2. The van der Waals surface area contributed by atoms with E-state index in [2.05, 4.69) is 50.9 Å². The van der Waals surface area contributed by atoms with Gasteiger partial charge in [-0.2, -0.15) is 5.26 Å². The average Bonchev–Trinajstić information content (AvgIpc) is 3.61. The Morgan fingerprint density at radius 3 is 2.32 bits per heavy atom. The molecule has 0 aliphatic carbocycles. The number of rotatable bonds is 11. The van der Waals surface area contributed by atoms with E-state index in [1.165, 1.54) is 19.6 Å². The maximum Gasteiger partial charge on any atom is 0.168 e. The smallest absolute Gasteiger partial charge is 0.168 e. The van der Waals surface area contributed by atoms with Crippen LogP contribution in [0.15, 0.2) is 85.3 Å². The van der Waals surface area contributed by atoms with Crippen LogP contribution < -0.4 is 10.6 Å². The van der Waals surface area contributed by atoms with Crippen LogP contribution in [0.3, 0.4) is 0 Å². The number of fused-ring (bicyclic) bond motifs is 1. The van der Waals surface area contributed by atoms with Gasteiger partial charge in [-0.05, 0) is 23.3 Å². The number of aliphatic hydroxyl groups is 2. The zero-order valence-electron chi connectivity index (χ0n) is 24.0. The fourth-order valence-corrected chi connectivity index (χ4v) is 5.34. The topological polar surface area (TPSA) is 163 Å². The Morgan fingerprint density at radius 1 is 0.955 bits per heavy atom. The molecule has 1 aliphatic heterocycles. The van der Waals surface area contributed by atoms with Gasteiger partial charge >= 0.3 is 0 Å². The van der Waals surface area contributed by atoms with Crippen LogP contribution in [-0.4, -0.2) is 73.3 Å². The molecular formula is C32H32N8O4. The van der Waals surface area contributed by atoms with Gasteiger partial charge in [-0.25, -0.2) is 19.9 Å². The van der Waals surface area contributed by atoms with Crippen LogP contribution in [0.5, 0.6) is 0 Å². The molecule has 0 saturated carbocycles. The van der Waals surface area contributed by atoms with Crippen LogP contribution >= 0.6 is 0 Å². The fourth-order valence-electron chi connectivity index (χ4n) is 5.34. The van der Waals surface area contributed by atoms with E-state index in [0.717, 1.165) is 11.1 Å². The molecule has 1 fully saturated rings. The molecule has 0 radical (unpaired) electrons. The number of hydrogen-bond acceptors (Lipinski definition) is 11. The van der Waals surface area contributed by atoms with Crippen molar-refractivity contribution in [2.24, 2.45) is 0 Å². The normalized spacial score (nSPS) is 19.7. The van der Waals surface area contributed by atoms with Crippen LogP contribution in [0, 0.1) is 11.3 Å². The molecule has 6 rings (SSSR count). The van der Waals surface area contributed by atoms with E-state index >= 15 is 0 Å². The Kier molecular flexibility index (Phi) is 8.71. The van der Waals surface area contributed by atoms with Crippen molar-refractivity contribution in [3.05, 3.63) is 108 Å². The Bertz CT molecular complexity index is 1690. The monoisotopic (exact) mass is 592 g/mol. The highest BCUT2D eigenvalue weighted by molar-refractivity contribution is 5.83. The summed E-state index contributed by atoms with van der Waals surface area (Å²) in [6.45, 7) is 0.864. The van der Waals surface area contributed by atoms with Gasteiger partial charge in [0.25, 0.3) is 0 Å². The lowest BCUT2D eigenvalue weighted by molar-refractivity contribution is -0.0580. The summed E-state index contributed by atoms with van der Waals surface area (Å²) in [5.74, 6) is 1.53. The van der Waals surface area contributed by atoms with E-state index in [9.17, 15) is 10.2 Å². The van der Waals surface area contributed by atoms with Crippen LogP contribution in [-0.2, 0) is 16.0 Å². The number of ether oxygens (including phenoxy) is 2. The average molecular weight is 593 g/mol. The van der Waals surface area contributed by atoms with Crippen LogP contribution in [0.2, 0.25) is 0 Å². The summed E-state index contributed by atoms with van der Waals surface area (Å²) in [6, 6.07) is 25.9. The molecule has 1 aliphatic rings. The Labute approximate surface area is 254 Å². The second-order valence-corrected chi connectivity index (χ2v) is 10.5. The predicted molar refractivity (Wildman–Crippen MR) is 163 cm³/mol. The van der Waals surface area contributed by atoms with E-state index in [-0.39, 0.29) is 19.1 Å². The van der Waals surface area contributed by atoms with Gasteiger partial charge in [-0.15, -0.1) is 0 Å². The Hall–Kier alpha value is -4.93. The first-order valence-corrected chi connectivity index (χ1v) is 14.2. The lowest BCUT2D eigenvalue weighted by Gasteiger charge is -2.20. The highest BCUT2D eigenvalue weighted by Gasteiger charge is 2.44. The van der Waals surface area contributed by atoms with Crippen molar-refractivity contribution in [1.29, 1.82) is 5.26 Å². The van der Waals surface area contributed by atoms with Crippen molar-refractivity contribution in [2.45, 2.75) is 37.0 Å². The number of hydrogen-bond donors (Lipinski definition) is 4. The van der Waals surface area contributed by atoms with Gasteiger partial charge in [0, 0.05) is 25.8 Å². The Balaban J connectivity index is 1.34. The van der Waals surface area contributed by atoms with Gasteiger partial charge in [0.1, 0.15) is 30.2 Å². The van der Waals surface area contributed by atoms with Crippen molar-refractivity contribution < 1.29 is 19.7 Å². The zero-order chi connectivity index (χ0) is 30.5. The Morgan fingerprint density at radius 2 is 1.68 bits per heavy atom. The van der Waals surface area contributed by atoms with Crippen LogP contribution in [0.1, 0.15) is 34.7 Å². The number of imidazole rings is 1. The van der Waals surface area contributed by atoms with Gasteiger partial charge in [0.05, 0.1) is 25.0 Å². The van der Waals surface area contributed by atoms with Crippen molar-refractivity contribution in [3.8, 4) is 6.07 Å². The third-order valence-corrected chi connectivity index (χ3v) is 7.61. The molecule has 4 N–H and O–H groups in total. The summed E-state index contributed by atoms with van der Waals surface area (Å²) in [6.07, 6.45) is -0.978. The maximum atomic E-state index is 10.9. The zero-order valence-corrected chi connectivity index (χ0v) is 24.0. The van der Waals surface area contributed by atoms with E-state index in [1.54, 1.807) is 16.7 Å². The number of aliphatic hydroxyl groups excluding tert-OH is 2. The summed E-state index contributed by atoms with van der Waals surface area (Å²) >= 11 is 0. The first-order valence-electron chi connectivity index (χ1n) is 14.2. The second-order valence-electron chi connectivity index (χ2n) is 10.5. The van der Waals surface area contributed by atoms with Crippen LogP contribution in [0.25, 0.3) is 11.2 Å². The molecular weight excluding hydrogens is 560 g/mol. The molecule has 4 heterocycles.